The molecule has 0 radical (unpaired) electrons. The number of methoxy groups -OCH3 is 1. The van der Waals surface area contributed by atoms with E-state index in [-0.39, 0.29) is 0 Å². The summed E-state index contributed by atoms with van der Waals surface area (Å²) in [5.74, 6) is 1.79. The normalized spacial score (nSPS) is 13.1. The minimum atomic E-state index is 0.813. The first-order valence-corrected chi connectivity index (χ1v) is 5.20. The van der Waals surface area contributed by atoms with Crippen LogP contribution in [0.1, 0.15) is 25.8 Å². The van der Waals surface area contributed by atoms with Gasteiger partial charge in [-0.25, -0.2) is 0 Å². The third kappa shape index (κ3) is 2.19. The van der Waals surface area contributed by atoms with Crippen LogP contribution in [-0.4, -0.2) is 13.7 Å². The Balaban J connectivity index is 0.000000461. The Hall–Kier alpha value is -1.18. The van der Waals surface area contributed by atoms with Gasteiger partial charge in [0.25, 0.3) is 0 Å². The molecule has 1 aliphatic rings. The molecule has 0 amide bonds. The lowest BCUT2D eigenvalue weighted by molar-refractivity contribution is 0.269. The SMILES string of the molecule is CC.COc1cccc2c1OCCC2. The van der Waals surface area contributed by atoms with Crippen LogP contribution < -0.4 is 9.47 Å². The first kappa shape index (κ1) is 10.9. The number of fused-ring (bicyclic) bond motifs is 1. The van der Waals surface area contributed by atoms with Crippen molar-refractivity contribution >= 4 is 0 Å². The van der Waals surface area contributed by atoms with Gasteiger partial charge in [0.1, 0.15) is 0 Å². The van der Waals surface area contributed by atoms with E-state index >= 15 is 0 Å². The molecule has 2 rings (SSSR count). The van der Waals surface area contributed by atoms with Crippen molar-refractivity contribution in [3.8, 4) is 11.5 Å². The van der Waals surface area contributed by atoms with E-state index in [0.29, 0.717) is 0 Å². The second-order valence-corrected chi connectivity index (χ2v) is 2.90. The Morgan fingerprint density at radius 2 is 2.07 bits per heavy atom. The Morgan fingerprint density at radius 1 is 1.29 bits per heavy atom. The predicted molar refractivity (Wildman–Crippen MR) is 58.2 cm³/mol. The van der Waals surface area contributed by atoms with Crippen molar-refractivity contribution in [3.05, 3.63) is 23.8 Å². The molecule has 78 valence electrons. The molecule has 0 atom stereocenters. The standard InChI is InChI=1S/C10H12O2.C2H6/c1-11-9-6-2-4-8-5-3-7-12-10(8)9;1-2/h2,4,6H,3,5,7H2,1H3;1-2H3. The molecule has 0 fully saturated rings. The van der Waals surface area contributed by atoms with Crippen molar-refractivity contribution in [1.82, 2.24) is 0 Å². The summed E-state index contributed by atoms with van der Waals surface area (Å²) in [7, 11) is 1.67. The van der Waals surface area contributed by atoms with Gasteiger partial charge in [-0.05, 0) is 24.5 Å². The molecule has 0 aliphatic carbocycles. The van der Waals surface area contributed by atoms with Crippen LogP contribution in [-0.2, 0) is 6.42 Å². The molecule has 2 heteroatoms. The number of rotatable bonds is 1. The molecule has 0 unspecified atom stereocenters. The summed E-state index contributed by atoms with van der Waals surface area (Å²) in [4.78, 5) is 0. The van der Waals surface area contributed by atoms with Crippen LogP contribution in [0.15, 0.2) is 18.2 Å². The summed E-state index contributed by atoms with van der Waals surface area (Å²) in [6.07, 6.45) is 2.21. The maximum atomic E-state index is 5.52. The molecule has 0 bridgehead atoms. The Morgan fingerprint density at radius 3 is 2.79 bits per heavy atom. The minimum absolute atomic E-state index is 0.813. The number of hydrogen-bond acceptors (Lipinski definition) is 2. The summed E-state index contributed by atoms with van der Waals surface area (Å²) in [5.41, 5.74) is 1.26. The first-order chi connectivity index (χ1) is 6.92. The van der Waals surface area contributed by atoms with E-state index in [1.54, 1.807) is 7.11 Å². The maximum Gasteiger partial charge on any atom is 0.164 e. The lowest BCUT2D eigenvalue weighted by Crippen LogP contribution is -2.09. The van der Waals surface area contributed by atoms with Gasteiger partial charge in [0.05, 0.1) is 13.7 Å². The largest absolute Gasteiger partial charge is 0.493 e. The summed E-state index contributed by atoms with van der Waals surface area (Å²) in [6, 6.07) is 6.04. The number of para-hydroxylation sites is 1. The fourth-order valence-corrected chi connectivity index (χ4v) is 1.52. The second-order valence-electron chi connectivity index (χ2n) is 2.90. The molecule has 0 aromatic heterocycles. The van der Waals surface area contributed by atoms with Crippen molar-refractivity contribution < 1.29 is 9.47 Å². The number of benzene rings is 1. The molecular formula is C12H18O2. The number of hydrogen-bond donors (Lipinski definition) is 0. The molecular weight excluding hydrogens is 176 g/mol. The first-order valence-electron chi connectivity index (χ1n) is 5.20. The van der Waals surface area contributed by atoms with Gasteiger partial charge in [-0.2, -0.15) is 0 Å². The van der Waals surface area contributed by atoms with Crippen LogP contribution in [0.2, 0.25) is 0 Å². The van der Waals surface area contributed by atoms with Crippen molar-refractivity contribution in [2.24, 2.45) is 0 Å². The molecule has 0 spiro atoms. The van der Waals surface area contributed by atoms with E-state index < -0.39 is 0 Å². The highest BCUT2D eigenvalue weighted by Crippen LogP contribution is 2.34. The van der Waals surface area contributed by atoms with Crippen molar-refractivity contribution in [2.75, 3.05) is 13.7 Å². The molecule has 14 heavy (non-hydrogen) atoms. The quantitative estimate of drug-likeness (QED) is 0.684. The third-order valence-electron chi connectivity index (χ3n) is 2.12. The van der Waals surface area contributed by atoms with Gasteiger partial charge < -0.3 is 9.47 Å². The molecule has 0 N–H and O–H groups in total. The summed E-state index contributed by atoms with van der Waals surface area (Å²) >= 11 is 0. The highest BCUT2D eigenvalue weighted by molar-refractivity contribution is 5.47. The Bertz CT molecular complexity index is 267. The Labute approximate surface area is 85.8 Å². The Kier molecular flexibility index (Phi) is 4.30. The smallest absolute Gasteiger partial charge is 0.164 e. The summed E-state index contributed by atoms with van der Waals surface area (Å²) in [5, 5.41) is 0. The van der Waals surface area contributed by atoms with Gasteiger partial charge in [-0.15, -0.1) is 0 Å². The molecule has 1 aliphatic heterocycles. The van der Waals surface area contributed by atoms with Crippen molar-refractivity contribution in [1.29, 1.82) is 0 Å². The fourth-order valence-electron chi connectivity index (χ4n) is 1.52. The molecule has 1 aromatic rings. The zero-order valence-corrected chi connectivity index (χ0v) is 9.17. The van der Waals surface area contributed by atoms with Crippen LogP contribution >= 0.6 is 0 Å². The number of ether oxygens (including phenoxy) is 2. The topological polar surface area (TPSA) is 18.5 Å². The van der Waals surface area contributed by atoms with Crippen LogP contribution in [0.25, 0.3) is 0 Å². The fraction of sp³-hybridized carbons (Fsp3) is 0.500. The van der Waals surface area contributed by atoms with Crippen LogP contribution in [0.5, 0.6) is 11.5 Å². The lowest BCUT2D eigenvalue weighted by Gasteiger charge is -2.18. The van der Waals surface area contributed by atoms with Gasteiger partial charge in [0.15, 0.2) is 11.5 Å². The average Bonchev–Trinajstić information content (AvgIpc) is 2.31. The predicted octanol–water partition coefficient (Wildman–Crippen LogP) is 3.05. The van der Waals surface area contributed by atoms with Gasteiger partial charge in [-0.1, -0.05) is 26.0 Å². The summed E-state index contributed by atoms with van der Waals surface area (Å²) < 4.78 is 10.7. The van der Waals surface area contributed by atoms with Crippen LogP contribution in [0.3, 0.4) is 0 Å². The van der Waals surface area contributed by atoms with Gasteiger partial charge in [0.2, 0.25) is 0 Å². The summed E-state index contributed by atoms with van der Waals surface area (Å²) in [6.45, 7) is 4.81. The molecule has 1 aromatic carbocycles. The van der Waals surface area contributed by atoms with E-state index in [0.717, 1.165) is 30.9 Å². The van der Waals surface area contributed by atoms with E-state index in [2.05, 4.69) is 6.07 Å². The van der Waals surface area contributed by atoms with Gasteiger partial charge in [-0.3, -0.25) is 0 Å². The zero-order valence-electron chi connectivity index (χ0n) is 9.17. The molecule has 0 saturated carbocycles. The van der Waals surface area contributed by atoms with Gasteiger partial charge in [0, 0.05) is 0 Å². The highest BCUT2D eigenvalue weighted by Gasteiger charge is 2.13. The molecule has 1 heterocycles. The van der Waals surface area contributed by atoms with E-state index in [9.17, 15) is 0 Å². The lowest BCUT2D eigenvalue weighted by atomic mass is 10.1. The maximum absolute atomic E-state index is 5.52. The average molecular weight is 194 g/mol. The highest BCUT2D eigenvalue weighted by atomic mass is 16.5. The van der Waals surface area contributed by atoms with E-state index in [1.807, 2.05) is 26.0 Å². The number of aryl methyl sites for hydroxylation is 1. The van der Waals surface area contributed by atoms with Crippen LogP contribution in [0.4, 0.5) is 0 Å². The molecule has 2 nitrogen and oxygen atoms in total. The second kappa shape index (κ2) is 5.53. The third-order valence-corrected chi connectivity index (χ3v) is 2.12. The van der Waals surface area contributed by atoms with Crippen molar-refractivity contribution in [3.63, 3.8) is 0 Å². The minimum Gasteiger partial charge on any atom is -0.493 e. The molecule has 0 saturated heterocycles. The van der Waals surface area contributed by atoms with E-state index in [1.165, 1.54) is 5.56 Å². The van der Waals surface area contributed by atoms with E-state index in [4.69, 9.17) is 9.47 Å². The van der Waals surface area contributed by atoms with Gasteiger partial charge >= 0.3 is 0 Å². The van der Waals surface area contributed by atoms with Crippen LogP contribution in [0, 0.1) is 0 Å². The van der Waals surface area contributed by atoms with Crippen molar-refractivity contribution in [2.45, 2.75) is 26.7 Å². The monoisotopic (exact) mass is 194 g/mol. The zero-order chi connectivity index (χ0) is 10.4.